The molecule has 0 fully saturated rings. The van der Waals surface area contributed by atoms with Crippen LogP contribution in [-0.4, -0.2) is 27.2 Å². The number of pyridine rings is 1. The highest BCUT2D eigenvalue weighted by Gasteiger charge is 2.14. The van der Waals surface area contributed by atoms with Crippen molar-refractivity contribution in [1.82, 2.24) is 20.1 Å². The van der Waals surface area contributed by atoms with Gasteiger partial charge in [-0.2, -0.15) is 5.10 Å². The van der Waals surface area contributed by atoms with Crippen molar-refractivity contribution in [2.45, 2.75) is 13.3 Å². The van der Waals surface area contributed by atoms with Crippen LogP contribution in [0.15, 0.2) is 42.7 Å². The highest BCUT2D eigenvalue weighted by molar-refractivity contribution is 6.07. The number of hydrogen-bond donors (Lipinski definition) is 1. The summed E-state index contributed by atoms with van der Waals surface area (Å²) in [4.78, 5) is 17.1. The number of hydrogen-bond acceptors (Lipinski definition) is 3. The van der Waals surface area contributed by atoms with Gasteiger partial charge in [0, 0.05) is 30.7 Å². The molecule has 0 aliphatic heterocycles. The van der Waals surface area contributed by atoms with E-state index < -0.39 is 0 Å². The first-order valence-electron chi connectivity index (χ1n) is 7.36. The third kappa shape index (κ3) is 2.70. The van der Waals surface area contributed by atoms with Gasteiger partial charge in [0.15, 0.2) is 0 Å². The number of nitrogens with one attached hydrogen (secondary N) is 1. The summed E-state index contributed by atoms with van der Waals surface area (Å²) in [5.41, 5.74) is 3.12. The van der Waals surface area contributed by atoms with Gasteiger partial charge in [-0.05, 0) is 18.6 Å². The van der Waals surface area contributed by atoms with Crippen LogP contribution < -0.4 is 5.32 Å². The predicted molar refractivity (Wildman–Crippen MR) is 86.6 cm³/mol. The first kappa shape index (κ1) is 14.3. The Labute approximate surface area is 129 Å². The van der Waals surface area contributed by atoms with Crippen LogP contribution in [0.1, 0.15) is 23.7 Å². The van der Waals surface area contributed by atoms with Gasteiger partial charge in [0.05, 0.1) is 23.0 Å². The van der Waals surface area contributed by atoms with E-state index in [1.165, 1.54) is 0 Å². The van der Waals surface area contributed by atoms with Gasteiger partial charge in [0.2, 0.25) is 0 Å². The third-order valence-electron chi connectivity index (χ3n) is 3.50. The van der Waals surface area contributed by atoms with Gasteiger partial charge in [0.1, 0.15) is 0 Å². The molecule has 0 bridgehead atoms. The van der Waals surface area contributed by atoms with Crippen molar-refractivity contribution < 1.29 is 4.79 Å². The van der Waals surface area contributed by atoms with Crippen LogP contribution in [0.25, 0.3) is 22.2 Å². The van der Waals surface area contributed by atoms with E-state index in [2.05, 4.69) is 15.4 Å². The molecule has 3 aromatic rings. The van der Waals surface area contributed by atoms with Crippen molar-refractivity contribution in [2.24, 2.45) is 7.05 Å². The second kappa shape index (κ2) is 5.97. The van der Waals surface area contributed by atoms with Crippen molar-refractivity contribution in [3.05, 3.63) is 48.3 Å². The van der Waals surface area contributed by atoms with E-state index in [0.717, 1.165) is 28.6 Å². The number of rotatable bonds is 4. The van der Waals surface area contributed by atoms with Crippen molar-refractivity contribution >= 4 is 16.8 Å². The number of carbonyl (C=O) groups excluding carboxylic acids is 1. The Morgan fingerprint density at radius 3 is 2.86 bits per heavy atom. The van der Waals surface area contributed by atoms with Crippen LogP contribution in [-0.2, 0) is 7.05 Å². The Kier molecular flexibility index (Phi) is 3.87. The van der Waals surface area contributed by atoms with E-state index in [4.69, 9.17) is 0 Å². The number of carbonyl (C=O) groups is 1. The quantitative estimate of drug-likeness (QED) is 0.805. The van der Waals surface area contributed by atoms with Crippen LogP contribution in [0.3, 0.4) is 0 Å². The summed E-state index contributed by atoms with van der Waals surface area (Å²) in [6, 6.07) is 9.53. The van der Waals surface area contributed by atoms with Crippen LogP contribution in [0.4, 0.5) is 0 Å². The largest absolute Gasteiger partial charge is 0.352 e. The molecule has 1 N–H and O–H groups in total. The summed E-state index contributed by atoms with van der Waals surface area (Å²) in [6.45, 7) is 2.70. The Balaban J connectivity index is 2.14. The zero-order chi connectivity index (χ0) is 15.5. The molecule has 0 aliphatic carbocycles. The van der Waals surface area contributed by atoms with Crippen LogP contribution in [0.5, 0.6) is 0 Å². The lowest BCUT2D eigenvalue weighted by Crippen LogP contribution is -2.24. The van der Waals surface area contributed by atoms with Gasteiger partial charge in [-0.25, -0.2) is 4.98 Å². The van der Waals surface area contributed by atoms with Crippen LogP contribution in [0.2, 0.25) is 0 Å². The monoisotopic (exact) mass is 294 g/mol. The van der Waals surface area contributed by atoms with E-state index in [0.29, 0.717) is 12.1 Å². The predicted octanol–water partition coefficient (Wildman–Crippen LogP) is 2.78. The molecule has 3 rings (SSSR count). The molecule has 0 aliphatic rings. The van der Waals surface area contributed by atoms with Crippen molar-refractivity contribution in [1.29, 1.82) is 0 Å². The molecule has 0 saturated carbocycles. The standard InChI is InChI=1S/C17H18N4O/c1-3-8-18-17(22)14-9-16(12-10-19-21(2)11-12)20-15-7-5-4-6-13(14)15/h4-7,9-11H,3,8H2,1-2H3,(H,18,22). The van der Waals surface area contributed by atoms with E-state index in [9.17, 15) is 4.79 Å². The molecule has 2 heterocycles. The van der Waals surface area contributed by atoms with Gasteiger partial charge in [-0.3, -0.25) is 9.48 Å². The average Bonchev–Trinajstić information content (AvgIpc) is 2.98. The van der Waals surface area contributed by atoms with E-state index >= 15 is 0 Å². The fourth-order valence-corrected chi connectivity index (χ4v) is 2.40. The maximum Gasteiger partial charge on any atom is 0.252 e. The highest BCUT2D eigenvalue weighted by atomic mass is 16.1. The SMILES string of the molecule is CCCNC(=O)c1cc(-c2cnn(C)c2)nc2ccccc12. The minimum absolute atomic E-state index is 0.0643. The zero-order valence-electron chi connectivity index (χ0n) is 12.7. The normalized spacial score (nSPS) is 10.8. The Morgan fingerprint density at radius 1 is 1.32 bits per heavy atom. The lowest BCUT2D eigenvalue weighted by Gasteiger charge is -2.09. The number of aryl methyl sites for hydroxylation is 1. The number of fused-ring (bicyclic) bond motifs is 1. The maximum atomic E-state index is 12.4. The van der Waals surface area contributed by atoms with Crippen molar-refractivity contribution in [2.75, 3.05) is 6.54 Å². The molecule has 22 heavy (non-hydrogen) atoms. The fourth-order valence-electron chi connectivity index (χ4n) is 2.40. The van der Waals surface area contributed by atoms with Gasteiger partial charge in [-0.15, -0.1) is 0 Å². The molecule has 1 aromatic carbocycles. The topological polar surface area (TPSA) is 59.8 Å². The van der Waals surface area contributed by atoms with E-state index in [1.807, 2.05) is 50.5 Å². The van der Waals surface area contributed by atoms with Gasteiger partial charge < -0.3 is 5.32 Å². The molecule has 5 heteroatoms. The first-order valence-corrected chi connectivity index (χ1v) is 7.36. The molecule has 1 amide bonds. The van der Waals surface area contributed by atoms with Crippen LogP contribution in [0, 0.1) is 0 Å². The molecule has 5 nitrogen and oxygen atoms in total. The Bertz CT molecular complexity index is 822. The molecule has 0 spiro atoms. The molecule has 112 valence electrons. The van der Waals surface area contributed by atoms with Crippen molar-refractivity contribution in [3.8, 4) is 11.3 Å². The first-order chi connectivity index (χ1) is 10.7. The molecule has 0 unspecified atom stereocenters. The minimum atomic E-state index is -0.0643. The van der Waals surface area contributed by atoms with E-state index in [-0.39, 0.29) is 5.91 Å². The number of amides is 1. The Hall–Kier alpha value is -2.69. The lowest BCUT2D eigenvalue weighted by molar-refractivity contribution is 0.0955. The fraction of sp³-hybridized carbons (Fsp3) is 0.235. The number of para-hydroxylation sites is 1. The van der Waals surface area contributed by atoms with Gasteiger partial charge >= 0.3 is 0 Å². The summed E-state index contributed by atoms with van der Waals surface area (Å²) in [7, 11) is 1.86. The van der Waals surface area contributed by atoms with Gasteiger partial charge in [0.25, 0.3) is 5.91 Å². The second-order valence-corrected chi connectivity index (χ2v) is 5.23. The van der Waals surface area contributed by atoms with Crippen LogP contribution >= 0.6 is 0 Å². The summed E-state index contributed by atoms with van der Waals surface area (Å²) in [5.74, 6) is -0.0643. The molecular formula is C17H18N4O. The zero-order valence-corrected chi connectivity index (χ0v) is 12.7. The minimum Gasteiger partial charge on any atom is -0.352 e. The second-order valence-electron chi connectivity index (χ2n) is 5.23. The number of nitrogens with zero attached hydrogens (tertiary/aromatic N) is 3. The summed E-state index contributed by atoms with van der Waals surface area (Å²) in [6.07, 6.45) is 4.56. The maximum absolute atomic E-state index is 12.4. The summed E-state index contributed by atoms with van der Waals surface area (Å²) < 4.78 is 1.73. The number of benzene rings is 1. The molecule has 0 atom stereocenters. The molecule has 2 aromatic heterocycles. The summed E-state index contributed by atoms with van der Waals surface area (Å²) >= 11 is 0. The highest BCUT2D eigenvalue weighted by Crippen LogP contribution is 2.24. The summed E-state index contributed by atoms with van der Waals surface area (Å²) in [5, 5.41) is 7.97. The Morgan fingerprint density at radius 2 is 2.14 bits per heavy atom. The third-order valence-corrected chi connectivity index (χ3v) is 3.50. The molecule has 0 radical (unpaired) electrons. The van der Waals surface area contributed by atoms with E-state index in [1.54, 1.807) is 10.9 Å². The van der Waals surface area contributed by atoms with Gasteiger partial charge in [-0.1, -0.05) is 25.1 Å². The number of aromatic nitrogens is 3. The lowest BCUT2D eigenvalue weighted by atomic mass is 10.0. The molecular weight excluding hydrogens is 276 g/mol. The molecule has 0 saturated heterocycles. The average molecular weight is 294 g/mol. The van der Waals surface area contributed by atoms with Crippen molar-refractivity contribution in [3.63, 3.8) is 0 Å². The smallest absolute Gasteiger partial charge is 0.252 e.